The maximum Gasteiger partial charge on any atom is 0.247 e. The fourth-order valence-corrected chi connectivity index (χ4v) is 4.14. The van der Waals surface area contributed by atoms with E-state index in [1.165, 1.54) is 6.08 Å². The molecule has 2 heterocycles. The second-order valence-corrected chi connectivity index (χ2v) is 9.04. The number of nitrogens with one attached hydrogen (secondary N) is 1. The Kier molecular flexibility index (Phi) is 8.10. The summed E-state index contributed by atoms with van der Waals surface area (Å²) in [5, 5.41) is 5.08. The zero-order valence-electron chi connectivity index (χ0n) is 21.7. The van der Waals surface area contributed by atoms with Crippen molar-refractivity contribution in [2.75, 3.05) is 51.6 Å². The first-order valence-corrected chi connectivity index (χ1v) is 12.0. The Morgan fingerprint density at radius 2 is 1.92 bits per heavy atom. The highest BCUT2D eigenvalue weighted by Gasteiger charge is 2.17. The highest BCUT2D eigenvalue weighted by atomic mass is 16.5. The van der Waals surface area contributed by atoms with Gasteiger partial charge in [0.15, 0.2) is 0 Å². The zero-order chi connectivity index (χ0) is 26.4. The smallest absolute Gasteiger partial charge is 0.247 e. The van der Waals surface area contributed by atoms with E-state index in [-0.39, 0.29) is 5.91 Å². The van der Waals surface area contributed by atoms with Crippen LogP contribution in [0, 0.1) is 0 Å². The molecule has 0 bridgehead atoms. The van der Waals surface area contributed by atoms with Crippen molar-refractivity contribution in [2.45, 2.75) is 6.42 Å². The van der Waals surface area contributed by atoms with E-state index in [9.17, 15) is 4.79 Å². The van der Waals surface area contributed by atoms with Crippen molar-refractivity contribution >= 4 is 28.1 Å². The summed E-state index contributed by atoms with van der Waals surface area (Å²) in [4.78, 5) is 30.2. The molecule has 8 heteroatoms. The summed E-state index contributed by atoms with van der Waals surface area (Å²) in [6.45, 7) is 5.23. The standard InChI is InChI=1S/C29H32N6O2/c1-6-29(36)33-25-15-21(27(37-5)17-26(25)35(4)14-13-34(2)3)16-28-31-12-11-24(32-28)23-19-30-18-20-9-7-8-10-22(20)23/h6-12,15,17-19H,1,13-14,16H2,2-5H3,(H,33,36). The third-order valence-electron chi connectivity index (χ3n) is 6.13. The third kappa shape index (κ3) is 6.10. The van der Waals surface area contributed by atoms with E-state index >= 15 is 0 Å². The summed E-state index contributed by atoms with van der Waals surface area (Å²) in [6, 6.07) is 13.9. The monoisotopic (exact) mass is 496 g/mol. The van der Waals surface area contributed by atoms with Crippen LogP contribution in [0.25, 0.3) is 22.0 Å². The van der Waals surface area contributed by atoms with Gasteiger partial charge < -0.3 is 19.9 Å². The molecule has 1 amide bonds. The molecule has 2 aromatic heterocycles. The number of aromatic nitrogens is 3. The minimum Gasteiger partial charge on any atom is -0.496 e. The van der Waals surface area contributed by atoms with Gasteiger partial charge in [0.25, 0.3) is 0 Å². The number of hydrogen-bond acceptors (Lipinski definition) is 7. The normalized spacial score (nSPS) is 10.9. The molecule has 8 nitrogen and oxygen atoms in total. The molecule has 0 saturated carbocycles. The number of methoxy groups -OCH3 is 1. The molecule has 4 rings (SSSR count). The fraction of sp³-hybridized carbons (Fsp3) is 0.241. The summed E-state index contributed by atoms with van der Waals surface area (Å²) in [6.07, 6.45) is 7.13. The van der Waals surface area contributed by atoms with E-state index in [0.717, 1.165) is 46.4 Å². The average molecular weight is 497 g/mol. The van der Waals surface area contributed by atoms with Crippen LogP contribution in [-0.4, -0.2) is 67.1 Å². The fourth-order valence-electron chi connectivity index (χ4n) is 4.14. The van der Waals surface area contributed by atoms with Crippen LogP contribution >= 0.6 is 0 Å². The third-order valence-corrected chi connectivity index (χ3v) is 6.13. The Balaban J connectivity index is 1.71. The Morgan fingerprint density at radius 3 is 2.68 bits per heavy atom. The summed E-state index contributed by atoms with van der Waals surface area (Å²) in [5.41, 5.74) is 4.14. The molecule has 0 spiro atoms. The molecule has 0 atom stereocenters. The largest absolute Gasteiger partial charge is 0.496 e. The predicted molar refractivity (Wildman–Crippen MR) is 149 cm³/mol. The molecule has 0 aliphatic heterocycles. The van der Waals surface area contributed by atoms with Crippen LogP contribution < -0.4 is 15.0 Å². The molecular formula is C29H32N6O2. The van der Waals surface area contributed by atoms with Crippen molar-refractivity contribution in [1.82, 2.24) is 19.9 Å². The molecular weight excluding hydrogens is 464 g/mol. The lowest BCUT2D eigenvalue weighted by atomic mass is 10.0. The number of ether oxygens (including phenoxy) is 1. The number of hydrogen-bond donors (Lipinski definition) is 1. The van der Waals surface area contributed by atoms with Crippen LogP contribution in [0.4, 0.5) is 11.4 Å². The van der Waals surface area contributed by atoms with Gasteiger partial charge in [-0.15, -0.1) is 0 Å². The lowest BCUT2D eigenvalue weighted by Crippen LogP contribution is -2.29. The highest BCUT2D eigenvalue weighted by molar-refractivity contribution is 6.01. The molecule has 2 aromatic carbocycles. The first kappa shape index (κ1) is 25.8. The molecule has 190 valence electrons. The molecule has 0 saturated heterocycles. The van der Waals surface area contributed by atoms with Crippen molar-refractivity contribution in [2.24, 2.45) is 0 Å². The second-order valence-electron chi connectivity index (χ2n) is 9.04. The van der Waals surface area contributed by atoms with Crippen molar-refractivity contribution in [3.63, 3.8) is 0 Å². The van der Waals surface area contributed by atoms with Gasteiger partial charge in [0, 0.05) is 67.7 Å². The van der Waals surface area contributed by atoms with Crippen molar-refractivity contribution in [3.8, 4) is 17.0 Å². The van der Waals surface area contributed by atoms with Crippen LogP contribution in [0.15, 0.2) is 73.7 Å². The van der Waals surface area contributed by atoms with E-state index in [1.54, 1.807) is 13.3 Å². The van der Waals surface area contributed by atoms with Gasteiger partial charge >= 0.3 is 0 Å². The van der Waals surface area contributed by atoms with Gasteiger partial charge in [0.05, 0.1) is 24.2 Å². The molecule has 1 N–H and O–H groups in total. The minimum atomic E-state index is -0.278. The summed E-state index contributed by atoms with van der Waals surface area (Å²) in [7, 11) is 7.69. The zero-order valence-corrected chi connectivity index (χ0v) is 21.7. The maximum atomic E-state index is 12.2. The van der Waals surface area contributed by atoms with Crippen molar-refractivity contribution in [3.05, 3.63) is 85.1 Å². The first-order chi connectivity index (χ1) is 17.9. The van der Waals surface area contributed by atoms with Crippen molar-refractivity contribution in [1.29, 1.82) is 0 Å². The average Bonchev–Trinajstić information content (AvgIpc) is 2.91. The molecule has 0 unspecified atom stereocenters. The Morgan fingerprint density at radius 1 is 1.11 bits per heavy atom. The lowest BCUT2D eigenvalue weighted by Gasteiger charge is -2.25. The molecule has 4 aromatic rings. The van der Waals surface area contributed by atoms with Crippen LogP contribution in [-0.2, 0) is 11.2 Å². The highest BCUT2D eigenvalue weighted by Crippen LogP contribution is 2.35. The number of anilines is 2. The first-order valence-electron chi connectivity index (χ1n) is 12.0. The molecule has 0 aliphatic carbocycles. The van der Waals surface area contributed by atoms with Gasteiger partial charge in [0.2, 0.25) is 5.91 Å². The minimum absolute atomic E-state index is 0.278. The summed E-state index contributed by atoms with van der Waals surface area (Å²) in [5.74, 6) is 1.06. The van der Waals surface area contributed by atoms with Gasteiger partial charge in [-0.05, 0) is 37.7 Å². The van der Waals surface area contributed by atoms with Crippen LogP contribution in [0.2, 0.25) is 0 Å². The molecule has 37 heavy (non-hydrogen) atoms. The second kappa shape index (κ2) is 11.6. The lowest BCUT2D eigenvalue weighted by molar-refractivity contribution is -0.111. The number of nitrogens with zero attached hydrogens (tertiary/aromatic N) is 5. The Bertz CT molecular complexity index is 1410. The predicted octanol–water partition coefficient (Wildman–Crippen LogP) is 4.41. The van der Waals surface area contributed by atoms with E-state index in [1.807, 2.05) is 69.9 Å². The van der Waals surface area contributed by atoms with Gasteiger partial charge in [-0.25, -0.2) is 9.97 Å². The quantitative estimate of drug-likeness (QED) is 0.326. The van der Waals surface area contributed by atoms with Gasteiger partial charge in [-0.1, -0.05) is 30.8 Å². The van der Waals surface area contributed by atoms with Crippen molar-refractivity contribution < 1.29 is 9.53 Å². The SMILES string of the molecule is C=CC(=O)Nc1cc(Cc2nccc(-c3cncc4ccccc34)n2)c(OC)cc1N(C)CCN(C)C. The van der Waals surface area contributed by atoms with Gasteiger partial charge in [-0.3, -0.25) is 9.78 Å². The number of benzene rings is 2. The molecule has 0 radical (unpaired) electrons. The molecule has 0 aliphatic rings. The summed E-state index contributed by atoms with van der Waals surface area (Å²) >= 11 is 0. The number of pyridine rings is 1. The Hall–Kier alpha value is -4.30. The van der Waals surface area contributed by atoms with Crippen LogP contribution in [0.3, 0.4) is 0 Å². The number of rotatable bonds is 10. The number of amides is 1. The Labute approximate surface area is 217 Å². The number of likely N-dealkylation sites (N-methyl/N-ethyl adjacent to an activating group) is 2. The topological polar surface area (TPSA) is 83.5 Å². The van der Waals surface area contributed by atoms with E-state index in [0.29, 0.717) is 23.7 Å². The van der Waals surface area contributed by atoms with Crippen LogP contribution in [0.1, 0.15) is 11.4 Å². The van der Waals surface area contributed by atoms with Crippen LogP contribution in [0.5, 0.6) is 5.75 Å². The van der Waals surface area contributed by atoms with E-state index in [4.69, 9.17) is 9.72 Å². The van der Waals surface area contributed by atoms with Gasteiger partial charge in [0.1, 0.15) is 11.6 Å². The number of fused-ring (bicyclic) bond motifs is 1. The number of carbonyl (C=O) groups excluding carboxylic acids is 1. The maximum absolute atomic E-state index is 12.2. The molecule has 0 fully saturated rings. The number of carbonyl (C=O) groups is 1. The van der Waals surface area contributed by atoms with E-state index < -0.39 is 0 Å². The van der Waals surface area contributed by atoms with E-state index in [2.05, 4.69) is 37.7 Å². The summed E-state index contributed by atoms with van der Waals surface area (Å²) < 4.78 is 5.76. The van der Waals surface area contributed by atoms with Gasteiger partial charge in [-0.2, -0.15) is 0 Å².